The smallest absolute Gasteiger partial charge is 0.270 e. The average molecular weight is 552 g/mol. The first-order valence-electron chi connectivity index (χ1n) is 13.4. The van der Waals surface area contributed by atoms with E-state index in [4.69, 9.17) is 26.4 Å². The summed E-state index contributed by atoms with van der Waals surface area (Å²) in [6.45, 7) is 2.79. The standard InChI is InChI=1S/C32H30ClN5O2/c1-40-30-10-6-5-9-26(30)28-19-29(38-31(35-28)20-27(36-38)23-11-13-24(33)14-12-23)32(39)34-25-15-17-37(18-16-25)21-22-7-3-2-4-8-22/h2-14,19-20,25H,15-18,21H2,1H3,(H,34,39). The van der Waals surface area contributed by atoms with Gasteiger partial charge in [0.15, 0.2) is 5.65 Å². The van der Waals surface area contributed by atoms with Gasteiger partial charge in [0.2, 0.25) is 0 Å². The number of piperidine rings is 1. The molecule has 3 aromatic carbocycles. The number of rotatable bonds is 7. The van der Waals surface area contributed by atoms with E-state index in [1.165, 1.54) is 5.56 Å². The molecular formula is C32H30ClN5O2. The number of methoxy groups -OCH3 is 1. The van der Waals surface area contributed by atoms with Crippen LogP contribution in [0.4, 0.5) is 0 Å². The van der Waals surface area contributed by atoms with Crippen LogP contribution in [0.5, 0.6) is 5.75 Å². The zero-order valence-electron chi connectivity index (χ0n) is 22.3. The Hall–Kier alpha value is -4.20. The fourth-order valence-electron chi connectivity index (χ4n) is 5.23. The number of aromatic nitrogens is 3. The Morgan fingerprint density at radius 2 is 1.68 bits per heavy atom. The predicted molar refractivity (Wildman–Crippen MR) is 158 cm³/mol. The van der Waals surface area contributed by atoms with Crippen LogP contribution < -0.4 is 10.1 Å². The number of halogens is 1. The first-order valence-corrected chi connectivity index (χ1v) is 13.8. The summed E-state index contributed by atoms with van der Waals surface area (Å²) in [5, 5.41) is 8.70. The maximum atomic E-state index is 13.8. The Kier molecular flexibility index (Phi) is 7.49. The Morgan fingerprint density at radius 3 is 2.42 bits per heavy atom. The van der Waals surface area contributed by atoms with Crippen molar-refractivity contribution in [2.75, 3.05) is 20.2 Å². The highest BCUT2D eigenvalue weighted by molar-refractivity contribution is 6.30. The molecule has 0 atom stereocenters. The van der Waals surface area contributed by atoms with Crippen molar-refractivity contribution in [3.8, 4) is 28.3 Å². The second-order valence-electron chi connectivity index (χ2n) is 10.0. The summed E-state index contributed by atoms with van der Waals surface area (Å²) in [7, 11) is 1.63. The lowest BCUT2D eigenvalue weighted by atomic mass is 10.0. The van der Waals surface area contributed by atoms with Gasteiger partial charge in [-0.25, -0.2) is 9.50 Å². The molecule has 1 saturated heterocycles. The molecule has 7 nitrogen and oxygen atoms in total. The molecule has 1 fully saturated rings. The minimum Gasteiger partial charge on any atom is -0.496 e. The molecule has 0 aliphatic carbocycles. The van der Waals surface area contributed by atoms with Crippen molar-refractivity contribution in [1.29, 1.82) is 0 Å². The van der Waals surface area contributed by atoms with E-state index in [2.05, 4.69) is 34.5 Å². The number of fused-ring (bicyclic) bond motifs is 1. The molecule has 8 heteroatoms. The van der Waals surface area contributed by atoms with Crippen molar-refractivity contribution < 1.29 is 9.53 Å². The van der Waals surface area contributed by atoms with Gasteiger partial charge in [0.05, 0.1) is 18.5 Å². The van der Waals surface area contributed by atoms with Gasteiger partial charge in [0.25, 0.3) is 5.91 Å². The van der Waals surface area contributed by atoms with Gasteiger partial charge in [0, 0.05) is 47.9 Å². The normalized spacial score (nSPS) is 14.3. The van der Waals surface area contributed by atoms with E-state index in [1.54, 1.807) is 17.7 Å². The number of hydrogen-bond acceptors (Lipinski definition) is 5. The minimum atomic E-state index is -0.171. The molecule has 0 radical (unpaired) electrons. The number of ether oxygens (including phenoxy) is 1. The van der Waals surface area contributed by atoms with Gasteiger partial charge < -0.3 is 10.1 Å². The highest BCUT2D eigenvalue weighted by Crippen LogP contribution is 2.30. The van der Waals surface area contributed by atoms with Crippen LogP contribution in [-0.2, 0) is 6.54 Å². The van der Waals surface area contributed by atoms with Crippen LogP contribution in [0, 0.1) is 0 Å². The first kappa shape index (κ1) is 26.0. The van der Waals surface area contributed by atoms with Crippen molar-refractivity contribution >= 4 is 23.2 Å². The number of hydrogen-bond donors (Lipinski definition) is 1. The van der Waals surface area contributed by atoms with Crippen LogP contribution in [0.25, 0.3) is 28.2 Å². The first-order chi connectivity index (χ1) is 19.6. The van der Waals surface area contributed by atoms with Crippen LogP contribution in [0.3, 0.4) is 0 Å². The molecule has 3 heterocycles. The fraction of sp³-hybridized carbons (Fsp3) is 0.219. The van der Waals surface area contributed by atoms with Crippen LogP contribution in [0.15, 0.2) is 91.0 Å². The number of carbonyl (C=O) groups excluding carboxylic acids is 1. The number of amides is 1. The molecule has 1 aliphatic heterocycles. The minimum absolute atomic E-state index is 0.0868. The summed E-state index contributed by atoms with van der Waals surface area (Å²) >= 11 is 6.10. The second-order valence-corrected chi connectivity index (χ2v) is 10.5. The number of nitrogens with one attached hydrogen (secondary N) is 1. The summed E-state index contributed by atoms with van der Waals surface area (Å²) in [5.74, 6) is 0.518. The third-order valence-corrected chi connectivity index (χ3v) is 7.61. The van der Waals surface area contributed by atoms with Crippen LogP contribution in [0.1, 0.15) is 28.9 Å². The topological polar surface area (TPSA) is 71.8 Å². The third kappa shape index (κ3) is 5.57. The number of carbonyl (C=O) groups is 1. The molecule has 1 N–H and O–H groups in total. The zero-order chi connectivity index (χ0) is 27.5. The van der Waals surface area contributed by atoms with Gasteiger partial charge in [-0.05, 0) is 48.7 Å². The Labute approximate surface area is 238 Å². The van der Waals surface area contributed by atoms with Crippen molar-refractivity contribution in [3.63, 3.8) is 0 Å². The lowest BCUT2D eigenvalue weighted by molar-refractivity contribution is 0.0901. The van der Waals surface area contributed by atoms with Crippen LogP contribution in [-0.4, -0.2) is 51.6 Å². The van der Waals surface area contributed by atoms with Gasteiger partial charge >= 0.3 is 0 Å². The average Bonchev–Trinajstić information content (AvgIpc) is 3.43. The highest BCUT2D eigenvalue weighted by atomic mass is 35.5. The predicted octanol–water partition coefficient (Wildman–Crippen LogP) is 6.12. The molecule has 0 unspecified atom stereocenters. The zero-order valence-corrected chi connectivity index (χ0v) is 23.0. The molecule has 40 heavy (non-hydrogen) atoms. The van der Waals surface area contributed by atoms with E-state index in [1.807, 2.05) is 60.7 Å². The Balaban J connectivity index is 1.28. The second kappa shape index (κ2) is 11.5. The lowest BCUT2D eigenvalue weighted by Crippen LogP contribution is -2.44. The maximum absolute atomic E-state index is 13.8. The highest BCUT2D eigenvalue weighted by Gasteiger charge is 2.24. The van der Waals surface area contributed by atoms with E-state index in [0.29, 0.717) is 33.5 Å². The summed E-state index contributed by atoms with van der Waals surface area (Å²) in [6.07, 6.45) is 1.78. The number of nitrogens with zero attached hydrogens (tertiary/aromatic N) is 4. The van der Waals surface area contributed by atoms with Gasteiger partial charge in [0.1, 0.15) is 11.4 Å². The molecule has 0 spiro atoms. The molecule has 202 valence electrons. The molecule has 0 bridgehead atoms. The Bertz CT molecular complexity index is 1630. The van der Waals surface area contributed by atoms with Gasteiger partial charge in [-0.3, -0.25) is 9.69 Å². The van der Waals surface area contributed by atoms with E-state index in [0.717, 1.165) is 43.6 Å². The molecule has 5 aromatic rings. The lowest BCUT2D eigenvalue weighted by Gasteiger charge is -2.32. The van der Waals surface area contributed by atoms with Crippen molar-refractivity contribution in [2.24, 2.45) is 0 Å². The fourth-order valence-corrected chi connectivity index (χ4v) is 5.35. The number of likely N-dealkylation sites (tertiary alicyclic amines) is 1. The largest absolute Gasteiger partial charge is 0.496 e. The van der Waals surface area contributed by atoms with E-state index in [9.17, 15) is 4.79 Å². The molecule has 1 aliphatic rings. The van der Waals surface area contributed by atoms with E-state index >= 15 is 0 Å². The van der Waals surface area contributed by atoms with E-state index in [-0.39, 0.29) is 11.9 Å². The maximum Gasteiger partial charge on any atom is 0.270 e. The van der Waals surface area contributed by atoms with Gasteiger partial charge in [-0.1, -0.05) is 66.2 Å². The molecule has 1 amide bonds. The van der Waals surface area contributed by atoms with Crippen LogP contribution >= 0.6 is 11.6 Å². The summed E-state index contributed by atoms with van der Waals surface area (Å²) in [4.78, 5) is 21.1. The van der Waals surface area contributed by atoms with Crippen molar-refractivity contribution in [1.82, 2.24) is 24.8 Å². The monoisotopic (exact) mass is 551 g/mol. The molecule has 0 saturated carbocycles. The summed E-state index contributed by atoms with van der Waals surface area (Å²) in [6, 6.07) is 29.4. The summed E-state index contributed by atoms with van der Waals surface area (Å²) < 4.78 is 7.22. The summed E-state index contributed by atoms with van der Waals surface area (Å²) in [5.41, 5.74) is 5.38. The van der Waals surface area contributed by atoms with Crippen molar-refractivity contribution in [3.05, 3.63) is 107 Å². The third-order valence-electron chi connectivity index (χ3n) is 7.35. The molecule has 6 rings (SSSR count). The molecular weight excluding hydrogens is 522 g/mol. The Morgan fingerprint density at radius 1 is 0.950 bits per heavy atom. The van der Waals surface area contributed by atoms with Crippen molar-refractivity contribution in [2.45, 2.75) is 25.4 Å². The van der Waals surface area contributed by atoms with Gasteiger partial charge in [-0.15, -0.1) is 0 Å². The van der Waals surface area contributed by atoms with Crippen LogP contribution in [0.2, 0.25) is 5.02 Å². The molecule has 2 aromatic heterocycles. The van der Waals surface area contributed by atoms with Gasteiger partial charge in [-0.2, -0.15) is 5.10 Å². The number of para-hydroxylation sites is 1. The van der Waals surface area contributed by atoms with E-state index < -0.39 is 0 Å². The SMILES string of the molecule is COc1ccccc1-c1cc(C(=O)NC2CCN(Cc3ccccc3)CC2)n2nc(-c3ccc(Cl)cc3)cc2n1. The quantitative estimate of drug-likeness (QED) is 0.264. The number of benzene rings is 3.